The molecule has 0 amide bonds. The van der Waals surface area contributed by atoms with Gasteiger partial charge in [-0.2, -0.15) is 0 Å². The predicted octanol–water partition coefficient (Wildman–Crippen LogP) is 2.39. The SMILES string of the molecule is CCN(CCOC)CCC(O)c1ccc(C)cc1. The van der Waals surface area contributed by atoms with Crippen molar-refractivity contribution in [2.75, 3.05) is 33.4 Å². The molecule has 0 fully saturated rings. The fraction of sp³-hybridized carbons (Fsp3) is 0.600. The van der Waals surface area contributed by atoms with E-state index < -0.39 is 0 Å². The third-order valence-electron chi connectivity index (χ3n) is 3.24. The Bertz CT molecular complexity index is 324. The predicted molar refractivity (Wildman–Crippen MR) is 74.7 cm³/mol. The van der Waals surface area contributed by atoms with Crippen molar-refractivity contribution in [3.8, 4) is 0 Å². The van der Waals surface area contributed by atoms with E-state index >= 15 is 0 Å². The number of hydrogen-bond acceptors (Lipinski definition) is 3. The van der Waals surface area contributed by atoms with E-state index in [2.05, 4.69) is 18.7 Å². The van der Waals surface area contributed by atoms with Crippen LogP contribution in [0.25, 0.3) is 0 Å². The molecule has 0 radical (unpaired) electrons. The Morgan fingerprint density at radius 2 is 1.89 bits per heavy atom. The number of likely N-dealkylation sites (N-methyl/N-ethyl adjacent to an activating group) is 1. The van der Waals surface area contributed by atoms with E-state index in [4.69, 9.17) is 4.74 Å². The summed E-state index contributed by atoms with van der Waals surface area (Å²) in [5.74, 6) is 0. The molecule has 1 aromatic carbocycles. The van der Waals surface area contributed by atoms with Crippen LogP contribution in [-0.2, 0) is 4.74 Å². The van der Waals surface area contributed by atoms with Crippen molar-refractivity contribution in [1.82, 2.24) is 4.90 Å². The minimum absolute atomic E-state index is 0.373. The zero-order valence-electron chi connectivity index (χ0n) is 11.7. The molecule has 0 saturated heterocycles. The Morgan fingerprint density at radius 3 is 2.44 bits per heavy atom. The third-order valence-corrected chi connectivity index (χ3v) is 3.24. The first kappa shape index (κ1) is 15.2. The summed E-state index contributed by atoms with van der Waals surface area (Å²) >= 11 is 0. The Hall–Kier alpha value is -0.900. The second-order valence-electron chi connectivity index (χ2n) is 4.64. The lowest BCUT2D eigenvalue weighted by atomic mass is 10.0. The largest absolute Gasteiger partial charge is 0.388 e. The van der Waals surface area contributed by atoms with Crippen molar-refractivity contribution in [2.24, 2.45) is 0 Å². The molecule has 0 heterocycles. The quantitative estimate of drug-likeness (QED) is 0.770. The van der Waals surface area contributed by atoms with E-state index in [0.717, 1.165) is 38.2 Å². The zero-order valence-corrected chi connectivity index (χ0v) is 11.7. The first-order chi connectivity index (χ1) is 8.67. The van der Waals surface area contributed by atoms with Crippen molar-refractivity contribution < 1.29 is 9.84 Å². The highest BCUT2D eigenvalue weighted by Crippen LogP contribution is 2.17. The highest BCUT2D eigenvalue weighted by molar-refractivity contribution is 5.22. The monoisotopic (exact) mass is 251 g/mol. The van der Waals surface area contributed by atoms with E-state index in [0.29, 0.717) is 0 Å². The Labute approximate surface area is 110 Å². The minimum Gasteiger partial charge on any atom is -0.388 e. The lowest BCUT2D eigenvalue weighted by Crippen LogP contribution is -2.29. The van der Waals surface area contributed by atoms with Crippen molar-refractivity contribution >= 4 is 0 Å². The number of methoxy groups -OCH3 is 1. The lowest BCUT2D eigenvalue weighted by molar-refractivity contribution is 0.120. The van der Waals surface area contributed by atoms with Crippen molar-refractivity contribution in [3.05, 3.63) is 35.4 Å². The number of ether oxygens (including phenoxy) is 1. The first-order valence-corrected chi connectivity index (χ1v) is 6.63. The molecular formula is C15H25NO2. The van der Waals surface area contributed by atoms with Gasteiger partial charge in [-0.25, -0.2) is 0 Å². The summed E-state index contributed by atoms with van der Waals surface area (Å²) in [7, 11) is 1.72. The normalized spacial score (nSPS) is 12.9. The average Bonchev–Trinajstić information content (AvgIpc) is 2.39. The van der Waals surface area contributed by atoms with Gasteiger partial charge < -0.3 is 14.7 Å². The maximum absolute atomic E-state index is 10.1. The van der Waals surface area contributed by atoms with Gasteiger partial charge in [0, 0.05) is 20.2 Å². The summed E-state index contributed by atoms with van der Waals surface area (Å²) in [6.07, 6.45) is 0.392. The fourth-order valence-corrected chi connectivity index (χ4v) is 1.91. The van der Waals surface area contributed by atoms with Crippen LogP contribution >= 0.6 is 0 Å². The molecule has 3 heteroatoms. The van der Waals surface area contributed by atoms with E-state index in [1.165, 1.54) is 5.56 Å². The first-order valence-electron chi connectivity index (χ1n) is 6.63. The van der Waals surface area contributed by atoms with Crippen LogP contribution in [-0.4, -0.2) is 43.4 Å². The molecule has 0 bridgehead atoms. The van der Waals surface area contributed by atoms with E-state index in [9.17, 15) is 5.11 Å². The molecule has 0 aliphatic carbocycles. The van der Waals surface area contributed by atoms with Gasteiger partial charge in [0.25, 0.3) is 0 Å². The van der Waals surface area contributed by atoms with Gasteiger partial charge in [0.1, 0.15) is 0 Å². The number of benzene rings is 1. The van der Waals surface area contributed by atoms with Crippen LogP contribution in [0.3, 0.4) is 0 Å². The van der Waals surface area contributed by atoms with Crippen LogP contribution in [0.2, 0.25) is 0 Å². The van der Waals surface area contributed by atoms with Crippen molar-refractivity contribution in [1.29, 1.82) is 0 Å². The highest BCUT2D eigenvalue weighted by atomic mass is 16.5. The van der Waals surface area contributed by atoms with Crippen molar-refractivity contribution in [2.45, 2.75) is 26.4 Å². The van der Waals surface area contributed by atoms with Gasteiger partial charge in [0.2, 0.25) is 0 Å². The molecule has 102 valence electrons. The molecule has 18 heavy (non-hydrogen) atoms. The molecule has 0 aromatic heterocycles. The Kier molecular flexibility index (Phi) is 6.94. The molecule has 0 aliphatic heterocycles. The number of aliphatic hydroxyl groups is 1. The van der Waals surface area contributed by atoms with Crippen LogP contribution in [0, 0.1) is 6.92 Å². The van der Waals surface area contributed by atoms with Gasteiger partial charge in [-0.05, 0) is 25.5 Å². The molecule has 1 unspecified atom stereocenters. The van der Waals surface area contributed by atoms with Crippen LogP contribution < -0.4 is 0 Å². The van der Waals surface area contributed by atoms with Crippen LogP contribution in [0.5, 0.6) is 0 Å². The molecule has 3 nitrogen and oxygen atoms in total. The standard InChI is InChI=1S/C15H25NO2/c1-4-16(11-12-18-3)10-9-15(17)14-7-5-13(2)6-8-14/h5-8,15,17H,4,9-12H2,1-3H3. The highest BCUT2D eigenvalue weighted by Gasteiger charge is 2.09. The number of rotatable bonds is 8. The minimum atomic E-state index is -0.373. The van der Waals surface area contributed by atoms with Gasteiger partial charge in [0.05, 0.1) is 12.7 Å². The Morgan fingerprint density at radius 1 is 1.22 bits per heavy atom. The maximum atomic E-state index is 10.1. The third kappa shape index (κ3) is 5.17. The lowest BCUT2D eigenvalue weighted by Gasteiger charge is -2.21. The topological polar surface area (TPSA) is 32.7 Å². The number of nitrogens with zero attached hydrogens (tertiary/aromatic N) is 1. The maximum Gasteiger partial charge on any atom is 0.0802 e. The number of aliphatic hydroxyl groups excluding tert-OH is 1. The molecule has 0 saturated carbocycles. The fourth-order valence-electron chi connectivity index (χ4n) is 1.91. The molecule has 1 rings (SSSR count). The number of aryl methyl sites for hydroxylation is 1. The summed E-state index contributed by atoms with van der Waals surface area (Å²) < 4.78 is 5.07. The second-order valence-corrected chi connectivity index (χ2v) is 4.64. The molecule has 1 atom stereocenters. The van der Waals surface area contributed by atoms with Crippen molar-refractivity contribution in [3.63, 3.8) is 0 Å². The summed E-state index contributed by atoms with van der Waals surface area (Å²) in [5.41, 5.74) is 2.23. The van der Waals surface area contributed by atoms with E-state index in [-0.39, 0.29) is 6.10 Å². The van der Waals surface area contributed by atoms with Gasteiger partial charge >= 0.3 is 0 Å². The van der Waals surface area contributed by atoms with Gasteiger partial charge in [-0.1, -0.05) is 36.8 Å². The van der Waals surface area contributed by atoms with E-state index in [1.54, 1.807) is 7.11 Å². The molecule has 0 aliphatic rings. The van der Waals surface area contributed by atoms with Gasteiger partial charge in [-0.3, -0.25) is 0 Å². The summed E-state index contributed by atoms with van der Waals surface area (Å²) in [4.78, 5) is 2.29. The van der Waals surface area contributed by atoms with E-state index in [1.807, 2.05) is 24.3 Å². The van der Waals surface area contributed by atoms with Crippen LogP contribution in [0.1, 0.15) is 30.6 Å². The molecule has 1 N–H and O–H groups in total. The summed E-state index contributed by atoms with van der Waals surface area (Å²) in [6, 6.07) is 8.10. The zero-order chi connectivity index (χ0) is 13.4. The van der Waals surface area contributed by atoms with Crippen LogP contribution in [0.4, 0.5) is 0 Å². The second kappa shape index (κ2) is 8.25. The van der Waals surface area contributed by atoms with Crippen LogP contribution in [0.15, 0.2) is 24.3 Å². The number of hydrogen-bond donors (Lipinski definition) is 1. The summed E-state index contributed by atoms with van der Waals surface area (Å²) in [6.45, 7) is 7.74. The van der Waals surface area contributed by atoms with Gasteiger partial charge in [0.15, 0.2) is 0 Å². The van der Waals surface area contributed by atoms with Gasteiger partial charge in [-0.15, -0.1) is 0 Å². The summed E-state index contributed by atoms with van der Waals surface area (Å²) in [5, 5.41) is 10.1. The molecular weight excluding hydrogens is 226 g/mol. The Balaban J connectivity index is 2.39. The molecule has 1 aromatic rings. The smallest absolute Gasteiger partial charge is 0.0802 e. The molecule has 0 spiro atoms. The average molecular weight is 251 g/mol.